The van der Waals surface area contributed by atoms with Crippen LogP contribution in [0.1, 0.15) is 22.3 Å². The maximum atomic E-state index is 12.7. The Morgan fingerprint density at radius 2 is 1.97 bits per heavy atom. The van der Waals surface area contributed by atoms with E-state index < -0.39 is 0 Å². The lowest BCUT2D eigenvalue weighted by atomic mass is 10.1. The van der Waals surface area contributed by atoms with Crippen LogP contribution in [0.25, 0.3) is 0 Å². The van der Waals surface area contributed by atoms with E-state index in [0.29, 0.717) is 42.5 Å². The predicted molar refractivity (Wildman–Crippen MR) is 106 cm³/mol. The molecule has 2 aliphatic heterocycles. The fraction of sp³-hybridized carbons (Fsp3) is 0.333. The second kappa shape index (κ2) is 8.93. The van der Waals surface area contributed by atoms with E-state index in [1.807, 2.05) is 18.2 Å². The summed E-state index contributed by atoms with van der Waals surface area (Å²) >= 11 is 0. The molecule has 0 aromatic heterocycles. The molecule has 1 atom stereocenters. The van der Waals surface area contributed by atoms with Crippen molar-refractivity contribution in [3.8, 4) is 11.5 Å². The van der Waals surface area contributed by atoms with Gasteiger partial charge in [0, 0.05) is 25.6 Å². The minimum absolute atomic E-state index is 0.0178. The van der Waals surface area contributed by atoms with Gasteiger partial charge in [0.25, 0.3) is 5.91 Å². The number of ether oxygens (including phenoxy) is 3. The molecule has 0 aliphatic carbocycles. The largest absolute Gasteiger partial charge is 0.454 e. The van der Waals surface area contributed by atoms with Gasteiger partial charge in [0.05, 0.1) is 24.5 Å². The standard InChI is InChI=1S/C21H23N3O5/c25-20(10-15-12-27-8-7-22-15)24-17-4-2-1-3-16(17)21(26)23-11-14-5-6-18-19(9-14)29-13-28-18/h1-6,9,15,22H,7-8,10-13H2,(H,23,26)(H,24,25). The number of carbonyl (C=O) groups is 2. The molecule has 8 heteroatoms. The fourth-order valence-corrected chi connectivity index (χ4v) is 3.29. The monoisotopic (exact) mass is 397 g/mol. The lowest BCUT2D eigenvalue weighted by Crippen LogP contribution is -2.43. The number of hydrogen-bond donors (Lipinski definition) is 3. The van der Waals surface area contributed by atoms with Crippen molar-refractivity contribution in [1.82, 2.24) is 10.6 Å². The molecule has 0 spiro atoms. The van der Waals surface area contributed by atoms with Crippen LogP contribution in [-0.4, -0.2) is 44.4 Å². The fourth-order valence-electron chi connectivity index (χ4n) is 3.29. The lowest BCUT2D eigenvalue weighted by Gasteiger charge is -2.23. The highest BCUT2D eigenvalue weighted by Crippen LogP contribution is 2.32. The number of morpholine rings is 1. The van der Waals surface area contributed by atoms with E-state index in [2.05, 4.69) is 16.0 Å². The van der Waals surface area contributed by atoms with E-state index in [1.165, 1.54) is 0 Å². The average molecular weight is 397 g/mol. The van der Waals surface area contributed by atoms with Crippen molar-refractivity contribution in [3.63, 3.8) is 0 Å². The Morgan fingerprint density at radius 3 is 2.83 bits per heavy atom. The van der Waals surface area contributed by atoms with Crippen LogP contribution < -0.4 is 25.4 Å². The van der Waals surface area contributed by atoms with Crippen LogP contribution >= 0.6 is 0 Å². The summed E-state index contributed by atoms with van der Waals surface area (Å²) in [6.07, 6.45) is 0.285. The summed E-state index contributed by atoms with van der Waals surface area (Å²) in [5.41, 5.74) is 1.79. The molecule has 2 heterocycles. The van der Waals surface area contributed by atoms with Crippen LogP contribution in [0.5, 0.6) is 11.5 Å². The summed E-state index contributed by atoms with van der Waals surface area (Å²) in [6, 6.07) is 12.5. The van der Waals surface area contributed by atoms with E-state index >= 15 is 0 Å². The molecule has 4 rings (SSSR count). The van der Waals surface area contributed by atoms with Crippen LogP contribution in [0.2, 0.25) is 0 Å². The van der Waals surface area contributed by atoms with E-state index in [4.69, 9.17) is 14.2 Å². The Morgan fingerprint density at radius 1 is 1.10 bits per heavy atom. The first kappa shape index (κ1) is 19.2. The average Bonchev–Trinajstić information content (AvgIpc) is 3.21. The summed E-state index contributed by atoms with van der Waals surface area (Å²) in [6.45, 7) is 2.44. The van der Waals surface area contributed by atoms with Crippen LogP contribution in [0.3, 0.4) is 0 Å². The number of amides is 2. The van der Waals surface area contributed by atoms with Gasteiger partial charge in [-0.15, -0.1) is 0 Å². The molecule has 1 saturated heterocycles. The van der Waals surface area contributed by atoms with Gasteiger partial charge in [0.15, 0.2) is 11.5 Å². The first-order valence-electron chi connectivity index (χ1n) is 9.56. The molecule has 2 aromatic rings. The third-order valence-corrected chi connectivity index (χ3v) is 4.77. The molecule has 2 aromatic carbocycles. The molecule has 29 heavy (non-hydrogen) atoms. The van der Waals surface area contributed by atoms with Crippen LogP contribution in [-0.2, 0) is 16.1 Å². The van der Waals surface area contributed by atoms with Gasteiger partial charge in [-0.25, -0.2) is 0 Å². The zero-order chi connectivity index (χ0) is 20.1. The van der Waals surface area contributed by atoms with Crippen molar-refractivity contribution in [2.75, 3.05) is 31.9 Å². The maximum Gasteiger partial charge on any atom is 0.253 e. The molecular weight excluding hydrogens is 374 g/mol. The minimum Gasteiger partial charge on any atom is -0.454 e. The normalized spacial score (nSPS) is 17.6. The second-order valence-electron chi connectivity index (χ2n) is 6.89. The van der Waals surface area contributed by atoms with Gasteiger partial charge in [-0.05, 0) is 29.8 Å². The summed E-state index contributed by atoms with van der Waals surface area (Å²) < 4.78 is 16.0. The summed E-state index contributed by atoms with van der Waals surface area (Å²) in [7, 11) is 0. The number of hydrogen-bond acceptors (Lipinski definition) is 6. The number of nitrogens with one attached hydrogen (secondary N) is 3. The summed E-state index contributed by atoms with van der Waals surface area (Å²) in [4.78, 5) is 25.1. The van der Waals surface area contributed by atoms with Crippen LogP contribution in [0.15, 0.2) is 42.5 Å². The van der Waals surface area contributed by atoms with E-state index in [9.17, 15) is 9.59 Å². The van der Waals surface area contributed by atoms with Crippen molar-refractivity contribution in [2.45, 2.75) is 19.0 Å². The maximum absolute atomic E-state index is 12.7. The molecule has 152 valence electrons. The zero-order valence-corrected chi connectivity index (χ0v) is 15.9. The van der Waals surface area contributed by atoms with Crippen molar-refractivity contribution in [2.24, 2.45) is 0 Å². The second-order valence-corrected chi connectivity index (χ2v) is 6.89. The van der Waals surface area contributed by atoms with Crippen molar-refractivity contribution >= 4 is 17.5 Å². The SMILES string of the molecule is O=C(CC1COCCN1)Nc1ccccc1C(=O)NCc1ccc2c(c1)OCO2. The third kappa shape index (κ3) is 4.85. The van der Waals surface area contributed by atoms with Gasteiger partial charge in [0.1, 0.15) is 0 Å². The molecule has 8 nitrogen and oxygen atoms in total. The first-order valence-corrected chi connectivity index (χ1v) is 9.56. The Bertz CT molecular complexity index is 896. The molecule has 0 saturated carbocycles. The molecule has 1 unspecified atom stereocenters. The first-order chi connectivity index (χ1) is 14.2. The van der Waals surface area contributed by atoms with Crippen molar-refractivity contribution in [1.29, 1.82) is 0 Å². The molecular formula is C21H23N3O5. The van der Waals surface area contributed by atoms with Crippen LogP contribution in [0.4, 0.5) is 5.69 Å². The molecule has 2 aliphatic rings. The number of carbonyl (C=O) groups excluding carboxylic acids is 2. The van der Waals surface area contributed by atoms with Crippen molar-refractivity contribution < 1.29 is 23.8 Å². The van der Waals surface area contributed by atoms with Gasteiger partial charge in [-0.3, -0.25) is 9.59 Å². The molecule has 0 bridgehead atoms. The number of rotatable bonds is 6. The Kier molecular flexibility index (Phi) is 5.92. The number of benzene rings is 2. The van der Waals surface area contributed by atoms with Gasteiger partial charge in [-0.2, -0.15) is 0 Å². The molecule has 1 fully saturated rings. The highest BCUT2D eigenvalue weighted by atomic mass is 16.7. The Hall–Kier alpha value is -3.10. The number of fused-ring (bicyclic) bond motifs is 1. The Balaban J connectivity index is 1.36. The highest BCUT2D eigenvalue weighted by Gasteiger charge is 2.19. The molecule has 0 radical (unpaired) electrons. The van der Waals surface area contributed by atoms with E-state index in [1.54, 1.807) is 24.3 Å². The third-order valence-electron chi connectivity index (χ3n) is 4.77. The topological polar surface area (TPSA) is 97.9 Å². The number of para-hydroxylation sites is 1. The molecule has 2 amide bonds. The summed E-state index contributed by atoms with van der Waals surface area (Å²) in [5.74, 6) is 0.942. The highest BCUT2D eigenvalue weighted by molar-refractivity contribution is 6.03. The Labute approximate surface area is 168 Å². The van der Waals surface area contributed by atoms with Gasteiger partial charge in [-0.1, -0.05) is 18.2 Å². The lowest BCUT2D eigenvalue weighted by molar-refractivity contribution is -0.117. The van der Waals surface area contributed by atoms with Gasteiger partial charge < -0.3 is 30.2 Å². The van der Waals surface area contributed by atoms with Gasteiger partial charge >= 0.3 is 0 Å². The zero-order valence-electron chi connectivity index (χ0n) is 15.9. The van der Waals surface area contributed by atoms with Gasteiger partial charge in [0.2, 0.25) is 12.7 Å². The van der Waals surface area contributed by atoms with E-state index in [-0.39, 0.29) is 31.1 Å². The minimum atomic E-state index is -0.266. The smallest absolute Gasteiger partial charge is 0.253 e. The van der Waals surface area contributed by atoms with Crippen LogP contribution in [0, 0.1) is 0 Å². The summed E-state index contributed by atoms with van der Waals surface area (Å²) in [5, 5.41) is 8.97. The number of anilines is 1. The van der Waals surface area contributed by atoms with Crippen molar-refractivity contribution in [3.05, 3.63) is 53.6 Å². The van der Waals surface area contributed by atoms with E-state index in [0.717, 1.165) is 12.1 Å². The molecule has 3 N–H and O–H groups in total. The predicted octanol–water partition coefficient (Wildman–Crippen LogP) is 1.66. The quantitative estimate of drug-likeness (QED) is 0.686.